The molecule has 102 valence electrons. The summed E-state index contributed by atoms with van der Waals surface area (Å²) in [7, 11) is 0. The number of aromatic nitrogens is 2. The first-order valence-corrected chi connectivity index (χ1v) is 7.39. The summed E-state index contributed by atoms with van der Waals surface area (Å²) in [5.41, 5.74) is 0.969. The van der Waals surface area contributed by atoms with E-state index in [1.54, 1.807) is 24.0 Å². The number of nitrogens with one attached hydrogen (secondary N) is 2. The van der Waals surface area contributed by atoms with Gasteiger partial charge in [-0.2, -0.15) is 11.8 Å². The molecule has 0 aliphatic heterocycles. The Hall–Kier alpha value is -1.69. The van der Waals surface area contributed by atoms with Crippen LogP contribution in [0.25, 0.3) is 0 Å². The Balaban J connectivity index is 1.99. The number of amides is 1. The van der Waals surface area contributed by atoms with Crippen LogP contribution in [0, 0.1) is 6.92 Å². The molecule has 2 aromatic rings. The molecule has 0 aliphatic carbocycles. The molecular weight excluding hydrogens is 262 g/mol. The Labute approximate surface area is 116 Å². The predicted molar refractivity (Wildman–Crippen MR) is 75.1 cm³/mol. The highest BCUT2D eigenvalue weighted by molar-refractivity contribution is 7.97. The van der Waals surface area contributed by atoms with Gasteiger partial charge in [-0.25, -0.2) is 4.98 Å². The largest absolute Gasteiger partial charge is 0.455 e. The molecule has 0 unspecified atom stereocenters. The van der Waals surface area contributed by atoms with E-state index in [2.05, 4.69) is 15.3 Å². The number of carbonyl (C=O) groups excluding carboxylic acids is 1. The maximum absolute atomic E-state index is 12.0. The summed E-state index contributed by atoms with van der Waals surface area (Å²) in [5.74, 6) is 2.41. The van der Waals surface area contributed by atoms with Crippen LogP contribution in [-0.2, 0) is 5.75 Å². The summed E-state index contributed by atoms with van der Waals surface area (Å²) < 4.78 is 5.46. The Morgan fingerprint density at radius 2 is 2.37 bits per heavy atom. The Morgan fingerprint density at radius 1 is 1.58 bits per heavy atom. The number of thioether (sulfide) groups is 1. The van der Waals surface area contributed by atoms with Crippen molar-refractivity contribution < 1.29 is 9.21 Å². The minimum absolute atomic E-state index is 0.185. The first-order valence-electron chi connectivity index (χ1n) is 6.00. The topological polar surface area (TPSA) is 70.9 Å². The van der Waals surface area contributed by atoms with Gasteiger partial charge in [0.1, 0.15) is 11.6 Å². The number of H-pyrrole nitrogens is 1. The fourth-order valence-corrected chi connectivity index (χ4v) is 2.15. The van der Waals surface area contributed by atoms with E-state index >= 15 is 0 Å². The lowest BCUT2D eigenvalue weighted by Crippen LogP contribution is -2.27. The maximum atomic E-state index is 12.0. The van der Waals surface area contributed by atoms with E-state index in [0.29, 0.717) is 5.76 Å². The highest BCUT2D eigenvalue weighted by Gasteiger charge is 2.16. The zero-order chi connectivity index (χ0) is 13.8. The number of aryl methyl sites for hydroxylation is 1. The molecule has 0 saturated heterocycles. The third kappa shape index (κ3) is 3.41. The van der Waals surface area contributed by atoms with Crippen LogP contribution in [0.3, 0.4) is 0 Å². The summed E-state index contributed by atoms with van der Waals surface area (Å²) in [6, 6.07) is 3.34. The van der Waals surface area contributed by atoms with E-state index in [0.717, 1.165) is 23.0 Å². The maximum Gasteiger partial charge on any atom is 0.287 e. The van der Waals surface area contributed by atoms with E-state index in [1.165, 1.54) is 0 Å². The molecule has 0 saturated carbocycles. The summed E-state index contributed by atoms with van der Waals surface area (Å²) in [5, 5.41) is 2.85. The van der Waals surface area contributed by atoms with Gasteiger partial charge >= 0.3 is 0 Å². The quantitative estimate of drug-likeness (QED) is 0.882. The zero-order valence-corrected chi connectivity index (χ0v) is 12.0. The average Bonchev–Trinajstić information content (AvgIpc) is 2.98. The number of aromatic amines is 1. The standard InChI is InChI=1S/C13H17N3O2S/c1-8-6-14-12(15-8)9(2)16-13(17)11-5-4-10(18-11)7-19-3/h4-6,9H,7H2,1-3H3,(H,14,15)(H,16,17)/t9-/m1/s1. The highest BCUT2D eigenvalue weighted by Crippen LogP contribution is 2.15. The van der Waals surface area contributed by atoms with Gasteiger partial charge in [-0.1, -0.05) is 0 Å². The van der Waals surface area contributed by atoms with Crippen LogP contribution in [0.2, 0.25) is 0 Å². The smallest absolute Gasteiger partial charge is 0.287 e. The van der Waals surface area contributed by atoms with E-state index in [4.69, 9.17) is 4.42 Å². The third-order valence-corrected chi connectivity index (χ3v) is 3.23. The van der Waals surface area contributed by atoms with Crippen LogP contribution < -0.4 is 5.32 Å². The molecule has 0 spiro atoms. The first kappa shape index (κ1) is 13.7. The van der Waals surface area contributed by atoms with Gasteiger partial charge in [0.2, 0.25) is 0 Å². The van der Waals surface area contributed by atoms with Crippen molar-refractivity contribution >= 4 is 17.7 Å². The van der Waals surface area contributed by atoms with Gasteiger partial charge in [0.25, 0.3) is 5.91 Å². The predicted octanol–water partition coefficient (Wildman–Crippen LogP) is 2.67. The lowest BCUT2D eigenvalue weighted by Gasteiger charge is -2.09. The second-order valence-electron chi connectivity index (χ2n) is 4.35. The van der Waals surface area contributed by atoms with Crippen LogP contribution in [0.15, 0.2) is 22.7 Å². The van der Waals surface area contributed by atoms with Crippen LogP contribution in [0.4, 0.5) is 0 Å². The van der Waals surface area contributed by atoms with Crippen LogP contribution in [0.5, 0.6) is 0 Å². The Kier molecular flexibility index (Phi) is 4.31. The molecule has 0 aromatic carbocycles. The molecule has 0 fully saturated rings. The van der Waals surface area contributed by atoms with Gasteiger partial charge in [-0.3, -0.25) is 4.79 Å². The van der Waals surface area contributed by atoms with Gasteiger partial charge < -0.3 is 14.7 Å². The Morgan fingerprint density at radius 3 is 3.00 bits per heavy atom. The summed E-state index contributed by atoms with van der Waals surface area (Å²) >= 11 is 1.65. The van der Waals surface area contributed by atoms with Gasteiger partial charge in [-0.05, 0) is 32.2 Å². The average molecular weight is 279 g/mol. The van der Waals surface area contributed by atoms with Crippen molar-refractivity contribution in [3.8, 4) is 0 Å². The minimum Gasteiger partial charge on any atom is -0.455 e. The lowest BCUT2D eigenvalue weighted by atomic mass is 10.3. The van der Waals surface area contributed by atoms with Gasteiger partial charge in [0.05, 0.1) is 11.8 Å². The first-order chi connectivity index (χ1) is 9.10. The zero-order valence-electron chi connectivity index (χ0n) is 11.2. The Bertz CT molecular complexity index is 562. The number of hydrogen-bond acceptors (Lipinski definition) is 4. The fourth-order valence-electron chi connectivity index (χ4n) is 1.71. The summed E-state index contributed by atoms with van der Waals surface area (Å²) in [6.45, 7) is 3.80. The number of nitrogens with zero attached hydrogens (tertiary/aromatic N) is 1. The van der Waals surface area contributed by atoms with Crippen molar-refractivity contribution in [3.63, 3.8) is 0 Å². The number of hydrogen-bond donors (Lipinski definition) is 2. The van der Waals surface area contributed by atoms with Crippen molar-refractivity contribution in [2.45, 2.75) is 25.6 Å². The molecule has 5 nitrogen and oxygen atoms in total. The van der Waals surface area contributed by atoms with E-state index in [-0.39, 0.29) is 11.9 Å². The lowest BCUT2D eigenvalue weighted by molar-refractivity contribution is 0.0909. The second-order valence-corrected chi connectivity index (χ2v) is 5.21. The molecule has 19 heavy (non-hydrogen) atoms. The van der Waals surface area contributed by atoms with Crippen molar-refractivity contribution in [3.05, 3.63) is 41.4 Å². The van der Waals surface area contributed by atoms with Crippen LogP contribution >= 0.6 is 11.8 Å². The van der Waals surface area contributed by atoms with Crippen molar-refractivity contribution in [2.75, 3.05) is 6.26 Å². The van der Waals surface area contributed by atoms with Crippen LogP contribution in [-0.4, -0.2) is 22.1 Å². The van der Waals surface area contributed by atoms with E-state index in [1.807, 2.05) is 26.2 Å². The SMILES string of the molecule is CSCc1ccc(C(=O)N[C@H](C)c2ncc(C)[nH]2)o1. The van der Waals surface area contributed by atoms with Gasteiger partial charge in [0.15, 0.2) is 5.76 Å². The van der Waals surface area contributed by atoms with E-state index < -0.39 is 0 Å². The van der Waals surface area contributed by atoms with Crippen molar-refractivity contribution in [1.82, 2.24) is 15.3 Å². The highest BCUT2D eigenvalue weighted by atomic mass is 32.2. The molecule has 1 atom stereocenters. The molecule has 2 aromatic heterocycles. The van der Waals surface area contributed by atoms with Gasteiger partial charge in [0, 0.05) is 11.9 Å². The van der Waals surface area contributed by atoms with Crippen molar-refractivity contribution in [1.29, 1.82) is 0 Å². The molecule has 2 rings (SSSR count). The second kappa shape index (κ2) is 5.97. The fraction of sp³-hybridized carbons (Fsp3) is 0.385. The summed E-state index contributed by atoms with van der Waals surface area (Å²) in [4.78, 5) is 19.3. The molecule has 1 amide bonds. The number of rotatable bonds is 5. The molecule has 2 heterocycles. The van der Waals surface area contributed by atoms with Gasteiger partial charge in [-0.15, -0.1) is 0 Å². The summed E-state index contributed by atoms with van der Waals surface area (Å²) in [6.07, 6.45) is 3.73. The molecule has 0 aliphatic rings. The molecular formula is C13H17N3O2S. The number of carbonyl (C=O) groups is 1. The van der Waals surface area contributed by atoms with Crippen LogP contribution in [0.1, 0.15) is 40.8 Å². The third-order valence-electron chi connectivity index (χ3n) is 2.65. The van der Waals surface area contributed by atoms with Crippen molar-refractivity contribution in [2.24, 2.45) is 0 Å². The molecule has 2 N–H and O–H groups in total. The number of furan rings is 1. The van der Waals surface area contributed by atoms with E-state index in [9.17, 15) is 4.79 Å². The molecule has 0 bridgehead atoms. The normalized spacial score (nSPS) is 12.4. The molecule has 0 radical (unpaired) electrons. The monoisotopic (exact) mass is 279 g/mol. The number of imidazole rings is 1. The molecule has 6 heteroatoms. The minimum atomic E-state index is -0.228.